The van der Waals surface area contributed by atoms with Gasteiger partial charge in [-0.05, 0) is 43.2 Å². The number of thiophene rings is 1. The molecule has 22 heavy (non-hydrogen) atoms. The summed E-state index contributed by atoms with van der Waals surface area (Å²) in [5.41, 5.74) is 2.16. The Morgan fingerprint density at radius 3 is 2.86 bits per heavy atom. The number of rotatable bonds is 1. The van der Waals surface area contributed by atoms with Crippen LogP contribution in [0.3, 0.4) is 0 Å². The molecule has 3 aromatic rings. The number of carbonyl (C=O) groups excluding carboxylic acids is 1. The summed E-state index contributed by atoms with van der Waals surface area (Å²) < 4.78 is 14.6. The summed E-state index contributed by atoms with van der Waals surface area (Å²) in [7, 11) is 0. The van der Waals surface area contributed by atoms with Gasteiger partial charge in [-0.25, -0.2) is 4.39 Å². The third-order valence-electron chi connectivity index (χ3n) is 4.15. The van der Waals surface area contributed by atoms with E-state index in [-0.39, 0.29) is 17.8 Å². The molecule has 4 heteroatoms. The Hall–Kier alpha value is -2.20. The molecule has 0 bridgehead atoms. The molecule has 1 atom stereocenters. The van der Waals surface area contributed by atoms with Gasteiger partial charge in [-0.2, -0.15) is 0 Å². The van der Waals surface area contributed by atoms with Crippen LogP contribution in [0.2, 0.25) is 0 Å². The molecule has 1 aliphatic heterocycles. The molecular formula is C18H14FNOS. The van der Waals surface area contributed by atoms with E-state index in [2.05, 4.69) is 6.07 Å². The van der Waals surface area contributed by atoms with Gasteiger partial charge in [0.15, 0.2) is 0 Å². The third kappa shape index (κ3) is 1.95. The number of hydrogen-bond donors (Lipinski definition) is 0. The second kappa shape index (κ2) is 4.92. The Morgan fingerprint density at radius 2 is 2.05 bits per heavy atom. The molecule has 0 fully saturated rings. The summed E-state index contributed by atoms with van der Waals surface area (Å²) in [6, 6.07) is 14.7. The number of fused-ring (bicyclic) bond motifs is 2. The lowest BCUT2D eigenvalue weighted by atomic mass is 10.1. The monoisotopic (exact) mass is 311 g/mol. The van der Waals surface area contributed by atoms with Crippen molar-refractivity contribution in [2.24, 2.45) is 0 Å². The number of benzene rings is 2. The van der Waals surface area contributed by atoms with Crippen LogP contribution in [-0.2, 0) is 6.42 Å². The number of halogens is 1. The van der Waals surface area contributed by atoms with Gasteiger partial charge in [0.25, 0.3) is 5.91 Å². The van der Waals surface area contributed by atoms with Crippen molar-refractivity contribution in [2.75, 3.05) is 4.90 Å². The maximum atomic E-state index is 13.8. The maximum Gasteiger partial charge on any atom is 0.268 e. The second-order valence-electron chi connectivity index (χ2n) is 5.62. The first-order chi connectivity index (χ1) is 10.6. The van der Waals surface area contributed by atoms with Gasteiger partial charge in [-0.1, -0.05) is 24.3 Å². The van der Waals surface area contributed by atoms with Gasteiger partial charge in [0.1, 0.15) is 5.82 Å². The van der Waals surface area contributed by atoms with E-state index in [1.54, 1.807) is 12.1 Å². The minimum atomic E-state index is -0.275. The van der Waals surface area contributed by atoms with Crippen molar-refractivity contribution in [2.45, 2.75) is 19.4 Å². The van der Waals surface area contributed by atoms with Crippen molar-refractivity contribution >= 4 is 33.0 Å². The van der Waals surface area contributed by atoms with Crippen LogP contribution < -0.4 is 4.90 Å². The highest BCUT2D eigenvalue weighted by molar-refractivity contribution is 7.20. The molecule has 1 aliphatic rings. The van der Waals surface area contributed by atoms with Crippen LogP contribution in [0.15, 0.2) is 48.5 Å². The standard InChI is InChI=1S/C18H14FNOS/c1-11-9-12-5-2-3-7-15(12)20(11)18(21)17-10-13-14(19)6-4-8-16(13)22-17/h2-8,10-11H,9H2,1H3. The molecule has 2 nitrogen and oxygen atoms in total. The number of amides is 1. The number of para-hydroxylation sites is 1. The molecule has 2 aromatic carbocycles. The summed E-state index contributed by atoms with van der Waals surface area (Å²) in [6.07, 6.45) is 0.862. The molecule has 1 amide bonds. The molecule has 0 saturated carbocycles. The maximum absolute atomic E-state index is 13.8. The van der Waals surface area contributed by atoms with Crippen LogP contribution in [0.5, 0.6) is 0 Å². The minimum absolute atomic E-state index is 0.0435. The first-order valence-corrected chi connectivity index (χ1v) is 8.06. The average molecular weight is 311 g/mol. The van der Waals surface area contributed by atoms with E-state index in [1.165, 1.54) is 23.0 Å². The highest BCUT2D eigenvalue weighted by Crippen LogP contribution is 2.35. The lowest BCUT2D eigenvalue weighted by Crippen LogP contribution is -2.35. The van der Waals surface area contributed by atoms with E-state index in [1.807, 2.05) is 36.1 Å². The largest absolute Gasteiger partial charge is 0.304 e. The average Bonchev–Trinajstić information content (AvgIpc) is 3.07. The van der Waals surface area contributed by atoms with Crippen LogP contribution in [0.25, 0.3) is 10.1 Å². The van der Waals surface area contributed by atoms with Crippen LogP contribution in [0.1, 0.15) is 22.2 Å². The predicted molar refractivity (Wildman–Crippen MR) is 88.2 cm³/mol. The Labute approximate surface area is 131 Å². The van der Waals surface area contributed by atoms with Gasteiger partial charge in [0.05, 0.1) is 4.88 Å². The molecular weight excluding hydrogens is 297 g/mol. The molecule has 0 saturated heterocycles. The Kier molecular flexibility index (Phi) is 3.01. The summed E-state index contributed by atoms with van der Waals surface area (Å²) >= 11 is 1.35. The highest BCUT2D eigenvalue weighted by Gasteiger charge is 2.32. The van der Waals surface area contributed by atoms with Crippen LogP contribution in [0, 0.1) is 5.82 Å². The Bertz CT molecular complexity index is 886. The molecule has 0 radical (unpaired) electrons. The third-order valence-corrected chi connectivity index (χ3v) is 5.23. The van der Waals surface area contributed by atoms with Gasteiger partial charge < -0.3 is 4.90 Å². The number of nitrogens with zero attached hydrogens (tertiary/aromatic N) is 1. The van der Waals surface area contributed by atoms with Crippen LogP contribution in [0.4, 0.5) is 10.1 Å². The topological polar surface area (TPSA) is 20.3 Å². The van der Waals surface area contributed by atoms with Crippen molar-refractivity contribution in [1.82, 2.24) is 0 Å². The smallest absolute Gasteiger partial charge is 0.268 e. The van der Waals surface area contributed by atoms with Crippen molar-refractivity contribution in [3.8, 4) is 0 Å². The summed E-state index contributed by atoms with van der Waals surface area (Å²) in [6.45, 7) is 2.05. The molecule has 4 rings (SSSR count). The van der Waals surface area contributed by atoms with E-state index in [9.17, 15) is 9.18 Å². The van der Waals surface area contributed by atoms with E-state index in [4.69, 9.17) is 0 Å². The molecule has 110 valence electrons. The fourth-order valence-electron chi connectivity index (χ4n) is 3.12. The van der Waals surface area contributed by atoms with Crippen LogP contribution in [-0.4, -0.2) is 11.9 Å². The zero-order valence-corrected chi connectivity index (χ0v) is 12.9. The zero-order valence-electron chi connectivity index (χ0n) is 12.0. The highest BCUT2D eigenvalue weighted by atomic mass is 32.1. The molecule has 0 N–H and O–H groups in total. The first-order valence-electron chi connectivity index (χ1n) is 7.24. The molecule has 1 unspecified atom stereocenters. The van der Waals surface area contributed by atoms with E-state index < -0.39 is 0 Å². The molecule has 1 aromatic heterocycles. The quantitative estimate of drug-likeness (QED) is 0.641. The SMILES string of the molecule is CC1Cc2ccccc2N1C(=O)c1cc2c(F)cccc2s1. The number of anilines is 1. The lowest BCUT2D eigenvalue weighted by molar-refractivity contribution is 0.0985. The van der Waals surface area contributed by atoms with Gasteiger partial charge in [0, 0.05) is 21.8 Å². The van der Waals surface area contributed by atoms with Crippen molar-refractivity contribution in [3.05, 3.63) is 64.8 Å². The molecule has 0 spiro atoms. The minimum Gasteiger partial charge on any atom is -0.304 e. The lowest BCUT2D eigenvalue weighted by Gasteiger charge is -2.21. The fourth-order valence-corrected chi connectivity index (χ4v) is 4.14. The summed E-state index contributed by atoms with van der Waals surface area (Å²) in [4.78, 5) is 15.3. The normalized spacial score (nSPS) is 17.0. The van der Waals surface area contributed by atoms with Crippen LogP contribution >= 0.6 is 11.3 Å². The van der Waals surface area contributed by atoms with E-state index >= 15 is 0 Å². The van der Waals surface area contributed by atoms with Crippen molar-refractivity contribution in [1.29, 1.82) is 0 Å². The fraction of sp³-hybridized carbons (Fsp3) is 0.167. The Balaban J connectivity index is 1.79. The summed E-state index contributed by atoms with van der Waals surface area (Å²) in [5, 5.41) is 0.524. The van der Waals surface area contributed by atoms with Crippen molar-refractivity contribution < 1.29 is 9.18 Å². The number of hydrogen-bond acceptors (Lipinski definition) is 2. The van der Waals surface area contributed by atoms with Gasteiger partial charge in [0.2, 0.25) is 0 Å². The Morgan fingerprint density at radius 1 is 1.23 bits per heavy atom. The van der Waals surface area contributed by atoms with Crippen molar-refractivity contribution in [3.63, 3.8) is 0 Å². The van der Waals surface area contributed by atoms with E-state index in [0.717, 1.165) is 16.8 Å². The second-order valence-corrected chi connectivity index (χ2v) is 6.70. The van der Waals surface area contributed by atoms with Gasteiger partial charge in [-0.15, -0.1) is 11.3 Å². The molecule has 2 heterocycles. The van der Waals surface area contributed by atoms with Gasteiger partial charge in [-0.3, -0.25) is 4.79 Å². The first kappa shape index (κ1) is 13.5. The predicted octanol–water partition coefficient (Wildman–Crippen LogP) is 4.63. The number of carbonyl (C=O) groups is 1. The van der Waals surface area contributed by atoms with E-state index in [0.29, 0.717) is 10.3 Å². The summed E-state index contributed by atoms with van der Waals surface area (Å²) in [5.74, 6) is -0.319. The zero-order chi connectivity index (χ0) is 15.3. The molecule has 0 aliphatic carbocycles. The van der Waals surface area contributed by atoms with Gasteiger partial charge >= 0.3 is 0 Å².